The lowest BCUT2D eigenvalue weighted by Crippen LogP contribution is -2.57. The number of rotatable bonds is 7. The van der Waals surface area contributed by atoms with Crippen LogP contribution in [0.5, 0.6) is 0 Å². The van der Waals surface area contributed by atoms with E-state index in [-0.39, 0.29) is 35.6 Å². The highest BCUT2D eigenvalue weighted by Crippen LogP contribution is 2.61. The van der Waals surface area contributed by atoms with Crippen molar-refractivity contribution in [1.82, 2.24) is 14.7 Å². The Morgan fingerprint density at radius 2 is 1.89 bits per heavy atom. The average molecular weight is 534 g/mol. The smallest absolute Gasteiger partial charge is 0.311 e. The summed E-state index contributed by atoms with van der Waals surface area (Å²) < 4.78 is 10.1. The molecule has 5 heterocycles. The molecule has 5 rings (SSSR count). The third-order valence-corrected chi connectivity index (χ3v) is 10.0. The van der Waals surface area contributed by atoms with Crippen LogP contribution in [-0.4, -0.2) is 119 Å². The van der Waals surface area contributed by atoms with E-state index < -0.39 is 28.7 Å². The number of thioether (sulfide) groups is 1. The van der Waals surface area contributed by atoms with Crippen LogP contribution in [0.3, 0.4) is 0 Å². The van der Waals surface area contributed by atoms with E-state index in [9.17, 15) is 19.5 Å². The minimum atomic E-state index is -0.880. The fraction of sp³-hybridized carbons (Fsp3) is 0.741. The summed E-state index contributed by atoms with van der Waals surface area (Å²) in [6, 6.07) is -1.26. The molecule has 0 bridgehead atoms. The number of aliphatic hydroxyl groups is 1. The molecule has 2 amide bonds. The minimum Gasteiger partial charge on any atom is -0.465 e. The van der Waals surface area contributed by atoms with Crippen LogP contribution in [0.1, 0.15) is 26.7 Å². The van der Waals surface area contributed by atoms with Crippen molar-refractivity contribution >= 4 is 29.5 Å². The van der Waals surface area contributed by atoms with Gasteiger partial charge in [0.15, 0.2) is 0 Å². The van der Waals surface area contributed by atoms with Crippen molar-refractivity contribution in [2.45, 2.75) is 48.8 Å². The van der Waals surface area contributed by atoms with Crippen LogP contribution in [0.2, 0.25) is 0 Å². The molecule has 1 unspecified atom stereocenters. The fourth-order valence-electron chi connectivity index (χ4n) is 6.59. The molecule has 10 heteroatoms. The molecule has 0 aromatic heterocycles. The maximum Gasteiger partial charge on any atom is 0.311 e. The molecule has 0 aromatic carbocycles. The molecule has 3 saturated heterocycles. The predicted molar refractivity (Wildman–Crippen MR) is 140 cm³/mol. The molecule has 1 spiro atoms. The van der Waals surface area contributed by atoms with Crippen LogP contribution in [0, 0.1) is 17.8 Å². The van der Waals surface area contributed by atoms with Gasteiger partial charge in [-0.1, -0.05) is 38.2 Å². The van der Waals surface area contributed by atoms with E-state index in [1.807, 2.05) is 43.1 Å². The minimum absolute atomic E-state index is 0.101. The van der Waals surface area contributed by atoms with E-state index in [4.69, 9.17) is 9.47 Å². The van der Waals surface area contributed by atoms with Gasteiger partial charge >= 0.3 is 5.97 Å². The van der Waals surface area contributed by atoms with Crippen LogP contribution in [-0.2, 0) is 23.9 Å². The Hall–Kier alpha value is -1.88. The zero-order valence-corrected chi connectivity index (χ0v) is 22.6. The molecule has 5 aliphatic rings. The third-order valence-electron chi connectivity index (χ3n) is 8.28. The van der Waals surface area contributed by atoms with E-state index >= 15 is 0 Å². The monoisotopic (exact) mass is 533 g/mol. The van der Waals surface area contributed by atoms with Crippen molar-refractivity contribution in [2.24, 2.45) is 17.8 Å². The number of likely N-dealkylation sites (tertiary alicyclic amines) is 1. The van der Waals surface area contributed by atoms with Crippen LogP contribution in [0.25, 0.3) is 0 Å². The van der Waals surface area contributed by atoms with Gasteiger partial charge in [0.25, 0.3) is 0 Å². The predicted octanol–water partition coefficient (Wildman–Crippen LogP) is 0.925. The fourth-order valence-corrected chi connectivity index (χ4v) is 8.58. The van der Waals surface area contributed by atoms with Gasteiger partial charge in [0.05, 0.1) is 49.1 Å². The van der Waals surface area contributed by atoms with Crippen molar-refractivity contribution in [3.8, 4) is 0 Å². The normalized spacial score (nSPS) is 35.1. The molecule has 9 nitrogen and oxygen atoms in total. The van der Waals surface area contributed by atoms with E-state index in [1.54, 1.807) is 16.7 Å². The standard InChI is InChI=1S/C27H39N3O6S/c1-18(2)16-19(17-31)30-23-25(33)29(10-9-28-11-14-35-15-12-28)8-5-7-27(23)22(24(30)32)21-20(37-27)6-3-4-13-36-26(21)34/h3,5-7,18-23,31H,4,8-17H2,1-2H3/t19-,20-,21+,22+,23?,27+/m1/s1. The first-order valence-corrected chi connectivity index (χ1v) is 14.5. The average Bonchev–Trinajstić information content (AvgIpc) is 3.26. The summed E-state index contributed by atoms with van der Waals surface area (Å²) in [7, 11) is 0. The highest BCUT2D eigenvalue weighted by molar-refractivity contribution is 8.02. The van der Waals surface area contributed by atoms with Gasteiger partial charge in [0.1, 0.15) is 6.04 Å². The van der Waals surface area contributed by atoms with Crippen molar-refractivity contribution in [3.63, 3.8) is 0 Å². The van der Waals surface area contributed by atoms with E-state index in [2.05, 4.69) is 4.90 Å². The summed E-state index contributed by atoms with van der Waals surface area (Å²) in [6.45, 7) is 8.98. The zero-order chi connectivity index (χ0) is 26.2. The molecule has 0 aliphatic carbocycles. The molecule has 6 atom stereocenters. The Bertz CT molecular complexity index is 950. The number of nitrogens with zero attached hydrogens (tertiary/aromatic N) is 3. The third kappa shape index (κ3) is 4.86. The Kier molecular flexibility index (Phi) is 8.00. The number of fused-ring (bicyclic) bond motifs is 2. The van der Waals surface area contributed by atoms with Crippen molar-refractivity contribution in [2.75, 3.05) is 59.2 Å². The van der Waals surface area contributed by atoms with Crippen LogP contribution < -0.4 is 0 Å². The van der Waals surface area contributed by atoms with E-state index in [0.29, 0.717) is 45.8 Å². The van der Waals surface area contributed by atoms with Gasteiger partial charge in [-0.3, -0.25) is 19.3 Å². The molecule has 37 heavy (non-hydrogen) atoms. The Balaban J connectivity index is 1.51. The number of cyclic esters (lactones) is 1. The quantitative estimate of drug-likeness (QED) is 0.381. The molecule has 0 saturated carbocycles. The number of ether oxygens (including phenoxy) is 2. The highest BCUT2D eigenvalue weighted by atomic mass is 32.2. The number of morpholine rings is 1. The number of esters is 1. The summed E-state index contributed by atoms with van der Waals surface area (Å²) >= 11 is 1.55. The number of hydrogen-bond acceptors (Lipinski definition) is 8. The largest absolute Gasteiger partial charge is 0.465 e. The molecule has 3 fully saturated rings. The SMILES string of the molecule is CC(C)C[C@H](CO)N1C(=O)[C@@H]2[C@H]3C(=O)OCCC=C[C@H]3S[C@@]23C=CCN(CCN2CCOCC2)C(=O)C13. The molecular weight excluding hydrogens is 494 g/mol. The lowest BCUT2D eigenvalue weighted by Gasteiger charge is -2.39. The first-order valence-electron chi connectivity index (χ1n) is 13.6. The lowest BCUT2D eigenvalue weighted by molar-refractivity contribution is -0.153. The Morgan fingerprint density at radius 1 is 1.11 bits per heavy atom. The summed E-state index contributed by atoms with van der Waals surface area (Å²) in [6.07, 6.45) is 9.27. The van der Waals surface area contributed by atoms with E-state index in [1.165, 1.54) is 0 Å². The van der Waals surface area contributed by atoms with Gasteiger partial charge in [0.2, 0.25) is 11.8 Å². The summed E-state index contributed by atoms with van der Waals surface area (Å²) in [5.41, 5.74) is 0. The first-order chi connectivity index (χ1) is 17.9. The molecule has 1 N–H and O–H groups in total. The maximum absolute atomic E-state index is 14.3. The summed E-state index contributed by atoms with van der Waals surface area (Å²) in [4.78, 5) is 47.6. The molecule has 0 radical (unpaired) electrons. The summed E-state index contributed by atoms with van der Waals surface area (Å²) in [5.74, 6) is -1.82. The van der Waals surface area contributed by atoms with Crippen molar-refractivity contribution in [1.29, 1.82) is 0 Å². The van der Waals surface area contributed by atoms with Crippen molar-refractivity contribution < 1.29 is 29.0 Å². The van der Waals surface area contributed by atoms with Gasteiger partial charge in [0, 0.05) is 38.0 Å². The van der Waals surface area contributed by atoms with Gasteiger partial charge in [-0.25, -0.2) is 0 Å². The maximum atomic E-state index is 14.3. The number of carbonyl (C=O) groups excluding carboxylic acids is 3. The van der Waals surface area contributed by atoms with Crippen molar-refractivity contribution in [3.05, 3.63) is 24.3 Å². The highest BCUT2D eigenvalue weighted by Gasteiger charge is 2.71. The zero-order valence-electron chi connectivity index (χ0n) is 21.8. The number of carbonyl (C=O) groups is 3. The number of aliphatic hydroxyl groups excluding tert-OH is 1. The van der Waals surface area contributed by atoms with Crippen LogP contribution >= 0.6 is 11.8 Å². The molecular formula is C27H39N3O6S. The lowest BCUT2D eigenvalue weighted by atomic mass is 9.78. The van der Waals surface area contributed by atoms with Gasteiger partial charge in [-0.15, -0.1) is 11.8 Å². The summed E-state index contributed by atoms with van der Waals surface area (Å²) in [5, 5.41) is 10.2. The molecule has 0 aromatic rings. The van der Waals surface area contributed by atoms with Gasteiger partial charge in [-0.05, 0) is 18.8 Å². The molecule has 204 valence electrons. The topological polar surface area (TPSA) is 99.6 Å². The second-order valence-electron chi connectivity index (χ2n) is 11.1. The second kappa shape index (κ2) is 11.1. The second-order valence-corrected chi connectivity index (χ2v) is 12.6. The van der Waals surface area contributed by atoms with Crippen LogP contribution in [0.4, 0.5) is 0 Å². The van der Waals surface area contributed by atoms with Crippen LogP contribution in [0.15, 0.2) is 24.3 Å². The van der Waals surface area contributed by atoms with Gasteiger partial charge in [-0.2, -0.15) is 0 Å². The number of amides is 2. The number of hydrogen-bond donors (Lipinski definition) is 1. The van der Waals surface area contributed by atoms with E-state index in [0.717, 1.165) is 19.6 Å². The first kappa shape index (κ1) is 26.7. The molecule has 5 aliphatic heterocycles. The Morgan fingerprint density at radius 3 is 2.62 bits per heavy atom. The van der Waals surface area contributed by atoms with Gasteiger partial charge < -0.3 is 24.4 Å². The Labute approximate surface area is 223 Å².